The fourth-order valence-electron chi connectivity index (χ4n) is 1.30. The molecule has 0 aliphatic carbocycles. The van der Waals surface area contributed by atoms with Crippen LogP contribution in [0.1, 0.15) is 17.3 Å². The molecule has 1 aromatic carbocycles. The average molecular weight is 267 g/mol. The van der Waals surface area contributed by atoms with Crippen LogP contribution in [0.3, 0.4) is 0 Å². The maximum atomic E-state index is 12.2. The molecule has 2 atom stereocenters. The van der Waals surface area contributed by atoms with E-state index in [4.69, 9.17) is 16.7 Å². The lowest BCUT2D eigenvalue weighted by atomic mass is 9.94. The van der Waals surface area contributed by atoms with Crippen LogP contribution in [0.25, 0.3) is 0 Å². The van der Waals surface area contributed by atoms with Crippen molar-refractivity contribution in [1.29, 1.82) is 0 Å². The molecule has 94 valence electrons. The molecule has 0 saturated carbocycles. The summed E-state index contributed by atoms with van der Waals surface area (Å²) in [5, 5.41) is 9.35. The third-order valence-corrected chi connectivity index (χ3v) is 2.60. The van der Waals surface area contributed by atoms with Gasteiger partial charge in [0.05, 0.1) is 5.92 Å². The molecule has 0 heterocycles. The Morgan fingerprint density at radius 2 is 1.76 bits per heavy atom. The van der Waals surface area contributed by atoms with E-state index in [1.165, 1.54) is 24.3 Å². The molecule has 0 aliphatic rings. The Balaban J connectivity index is 2.87. The van der Waals surface area contributed by atoms with Crippen LogP contribution < -0.4 is 0 Å². The van der Waals surface area contributed by atoms with Gasteiger partial charge in [-0.05, 0) is 24.3 Å². The number of aliphatic hydroxyl groups is 1. The first-order valence-electron chi connectivity index (χ1n) is 4.78. The fraction of sp³-hybridized carbons (Fsp3) is 0.364. The van der Waals surface area contributed by atoms with Gasteiger partial charge < -0.3 is 5.11 Å². The van der Waals surface area contributed by atoms with Gasteiger partial charge in [0.25, 0.3) is 0 Å². The molecule has 0 fully saturated rings. The first-order chi connectivity index (χ1) is 7.73. The molecule has 6 heteroatoms. The van der Waals surface area contributed by atoms with Crippen molar-refractivity contribution in [2.45, 2.75) is 19.2 Å². The monoisotopic (exact) mass is 266 g/mol. The molecule has 17 heavy (non-hydrogen) atoms. The lowest BCUT2D eigenvalue weighted by Crippen LogP contribution is -2.38. The molecule has 0 unspecified atom stereocenters. The zero-order chi connectivity index (χ0) is 13.2. The molecule has 0 bridgehead atoms. The Labute approximate surface area is 101 Å². The second kappa shape index (κ2) is 5.06. The van der Waals surface area contributed by atoms with Crippen LogP contribution >= 0.6 is 11.6 Å². The van der Waals surface area contributed by atoms with Crippen LogP contribution in [-0.4, -0.2) is 23.2 Å². The summed E-state index contributed by atoms with van der Waals surface area (Å²) in [6.45, 7) is 1.04. The topological polar surface area (TPSA) is 37.3 Å². The molecule has 0 saturated heterocycles. The van der Waals surface area contributed by atoms with E-state index in [1.54, 1.807) is 0 Å². The lowest BCUT2D eigenvalue weighted by molar-refractivity contribution is -0.212. The molecular weight excluding hydrogens is 257 g/mol. The van der Waals surface area contributed by atoms with E-state index in [1.807, 2.05) is 0 Å². The number of ketones is 1. The average Bonchev–Trinajstić information content (AvgIpc) is 2.26. The number of rotatable bonds is 3. The minimum Gasteiger partial charge on any atom is -0.383 e. The molecule has 0 radical (unpaired) electrons. The molecule has 1 aromatic rings. The molecule has 1 rings (SSSR count). The van der Waals surface area contributed by atoms with E-state index in [-0.39, 0.29) is 5.56 Å². The highest BCUT2D eigenvalue weighted by atomic mass is 35.5. The molecule has 0 amide bonds. The van der Waals surface area contributed by atoms with E-state index in [9.17, 15) is 18.0 Å². The molecule has 0 aromatic heterocycles. The summed E-state index contributed by atoms with van der Waals surface area (Å²) >= 11 is 5.59. The van der Waals surface area contributed by atoms with Gasteiger partial charge in [-0.3, -0.25) is 4.79 Å². The third-order valence-electron chi connectivity index (χ3n) is 2.35. The minimum atomic E-state index is -4.80. The number of halogens is 4. The highest BCUT2D eigenvalue weighted by Crippen LogP contribution is 2.27. The zero-order valence-corrected chi connectivity index (χ0v) is 9.59. The van der Waals surface area contributed by atoms with Crippen LogP contribution in [-0.2, 0) is 0 Å². The van der Waals surface area contributed by atoms with Gasteiger partial charge in [-0.15, -0.1) is 0 Å². The van der Waals surface area contributed by atoms with Crippen molar-refractivity contribution in [3.05, 3.63) is 34.9 Å². The predicted molar refractivity (Wildman–Crippen MR) is 57.0 cm³/mol. The molecule has 1 N–H and O–H groups in total. The maximum absolute atomic E-state index is 12.2. The summed E-state index contributed by atoms with van der Waals surface area (Å²) in [7, 11) is 0. The smallest absolute Gasteiger partial charge is 0.383 e. The van der Waals surface area contributed by atoms with Crippen molar-refractivity contribution in [2.75, 3.05) is 0 Å². The third kappa shape index (κ3) is 3.44. The number of aliphatic hydroxyl groups excluding tert-OH is 1. The van der Waals surface area contributed by atoms with Crippen LogP contribution in [0.5, 0.6) is 0 Å². The second-order valence-corrected chi connectivity index (χ2v) is 4.08. The molecular formula is C11H10ClF3O2. The number of carbonyl (C=O) groups excluding carboxylic acids is 1. The van der Waals surface area contributed by atoms with Gasteiger partial charge in [0.2, 0.25) is 0 Å². The zero-order valence-electron chi connectivity index (χ0n) is 8.83. The van der Waals surface area contributed by atoms with Crippen LogP contribution in [0, 0.1) is 5.92 Å². The van der Waals surface area contributed by atoms with Crippen molar-refractivity contribution in [3.8, 4) is 0 Å². The van der Waals surface area contributed by atoms with Gasteiger partial charge in [0.15, 0.2) is 11.9 Å². The Morgan fingerprint density at radius 1 is 1.29 bits per heavy atom. The fourth-order valence-corrected chi connectivity index (χ4v) is 1.43. The summed E-state index contributed by atoms with van der Waals surface area (Å²) in [4.78, 5) is 11.6. The maximum Gasteiger partial charge on any atom is 0.415 e. The van der Waals surface area contributed by atoms with Crippen molar-refractivity contribution in [3.63, 3.8) is 0 Å². The Hall–Kier alpha value is -1.07. The number of carbonyl (C=O) groups is 1. The van der Waals surface area contributed by atoms with E-state index in [0.29, 0.717) is 5.02 Å². The summed E-state index contributed by atoms with van der Waals surface area (Å²) in [6, 6.07) is 5.46. The van der Waals surface area contributed by atoms with Crippen molar-refractivity contribution >= 4 is 17.4 Å². The van der Waals surface area contributed by atoms with Crippen molar-refractivity contribution < 1.29 is 23.1 Å². The first-order valence-corrected chi connectivity index (χ1v) is 5.16. The summed E-state index contributed by atoms with van der Waals surface area (Å²) < 4.78 is 36.6. The van der Waals surface area contributed by atoms with E-state index in [0.717, 1.165) is 6.92 Å². The number of benzene rings is 1. The van der Waals surface area contributed by atoms with Gasteiger partial charge in [-0.25, -0.2) is 0 Å². The van der Waals surface area contributed by atoms with E-state index < -0.39 is 24.0 Å². The number of alkyl halides is 3. The first kappa shape index (κ1) is 14.0. The number of Topliss-reactive ketones (excluding diaryl/α,β-unsaturated/α-hetero) is 1. The van der Waals surface area contributed by atoms with E-state index in [2.05, 4.69) is 0 Å². The van der Waals surface area contributed by atoms with E-state index >= 15 is 0 Å². The number of hydrogen-bond donors (Lipinski definition) is 1. The van der Waals surface area contributed by atoms with Crippen LogP contribution in [0.4, 0.5) is 13.2 Å². The Bertz CT molecular complexity index is 400. The number of hydrogen-bond acceptors (Lipinski definition) is 2. The van der Waals surface area contributed by atoms with Gasteiger partial charge in [0.1, 0.15) is 0 Å². The van der Waals surface area contributed by atoms with Gasteiger partial charge >= 0.3 is 6.18 Å². The van der Waals surface area contributed by atoms with Crippen LogP contribution in [0.2, 0.25) is 5.02 Å². The van der Waals surface area contributed by atoms with Crippen molar-refractivity contribution in [2.24, 2.45) is 5.92 Å². The lowest BCUT2D eigenvalue weighted by Gasteiger charge is -2.20. The molecule has 0 aliphatic heterocycles. The standard InChI is InChI=1S/C11H10ClF3O2/c1-6(10(17)11(13,14)15)9(16)7-2-4-8(12)5-3-7/h2-6,10,17H,1H3/t6-,10+/m1/s1. The molecule has 0 spiro atoms. The highest BCUT2D eigenvalue weighted by molar-refractivity contribution is 6.30. The van der Waals surface area contributed by atoms with Crippen molar-refractivity contribution in [1.82, 2.24) is 0 Å². The SMILES string of the molecule is C[C@H](C(=O)c1ccc(Cl)cc1)[C@H](O)C(F)(F)F. The Kier molecular flexibility index (Phi) is 4.16. The summed E-state index contributed by atoms with van der Waals surface area (Å²) in [5.41, 5.74) is 0.0881. The quantitative estimate of drug-likeness (QED) is 0.854. The van der Waals surface area contributed by atoms with Gasteiger partial charge in [-0.1, -0.05) is 18.5 Å². The van der Waals surface area contributed by atoms with Crippen LogP contribution in [0.15, 0.2) is 24.3 Å². The highest BCUT2D eigenvalue weighted by Gasteiger charge is 2.44. The Morgan fingerprint density at radius 3 is 2.18 bits per heavy atom. The van der Waals surface area contributed by atoms with Gasteiger partial charge in [-0.2, -0.15) is 13.2 Å². The summed E-state index contributed by atoms with van der Waals surface area (Å²) in [6.07, 6.45) is -7.47. The largest absolute Gasteiger partial charge is 0.415 e. The van der Waals surface area contributed by atoms with Gasteiger partial charge in [0, 0.05) is 10.6 Å². The molecule has 2 nitrogen and oxygen atoms in total. The summed E-state index contributed by atoms with van der Waals surface area (Å²) in [5.74, 6) is -2.32. The second-order valence-electron chi connectivity index (χ2n) is 3.65. The normalized spacial score (nSPS) is 15.4. The minimum absolute atomic E-state index is 0.0881. The predicted octanol–water partition coefficient (Wildman–Crippen LogP) is 3.08.